The predicted octanol–water partition coefficient (Wildman–Crippen LogP) is -0.156. The molecule has 5 nitrogen and oxygen atoms in total. The normalized spacial score (nSPS) is 12.4. The van der Waals surface area contributed by atoms with Crippen LogP contribution in [0.1, 0.15) is 5.56 Å². The molecule has 0 spiro atoms. The van der Waals surface area contributed by atoms with E-state index < -0.39 is 6.10 Å². The first-order chi connectivity index (χ1) is 7.67. The fraction of sp³-hybridized carbons (Fsp3) is 0.455. The average molecular weight is 227 g/mol. The van der Waals surface area contributed by atoms with E-state index in [1.807, 2.05) is 0 Å². The number of rotatable bonds is 6. The minimum Gasteiger partial charge on any atom is -0.507 e. The van der Waals surface area contributed by atoms with E-state index in [1.54, 1.807) is 12.1 Å². The molecule has 1 unspecified atom stereocenters. The Balaban J connectivity index is 2.48. The van der Waals surface area contributed by atoms with Crippen molar-refractivity contribution in [1.82, 2.24) is 5.32 Å². The van der Waals surface area contributed by atoms with Gasteiger partial charge in [-0.1, -0.05) is 6.07 Å². The SMILES string of the molecule is COc1ccc(CNCC(O)CO)c(O)c1. The van der Waals surface area contributed by atoms with Gasteiger partial charge in [-0.15, -0.1) is 0 Å². The number of aliphatic hydroxyl groups excluding tert-OH is 2. The number of hydrogen-bond donors (Lipinski definition) is 4. The van der Waals surface area contributed by atoms with Gasteiger partial charge in [-0.3, -0.25) is 0 Å². The number of phenolic OH excluding ortho intramolecular Hbond substituents is 1. The molecule has 90 valence electrons. The molecule has 16 heavy (non-hydrogen) atoms. The van der Waals surface area contributed by atoms with Crippen molar-refractivity contribution >= 4 is 0 Å². The van der Waals surface area contributed by atoms with Crippen LogP contribution in [0.2, 0.25) is 0 Å². The second kappa shape index (κ2) is 6.32. The first-order valence-corrected chi connectivity index (χ1v) is 5.03. The topological polar surface area (TPSA) is 82.0 Å². The first kappa shape index (κ1) is 12.8. The number of phenols is 1. The van der Waals surface area contributed by atoms with Crippen LogP contribution in [0.3, 0.4) is 0 Å². The van der Waals surface area contributed by atoms with Gasteiger partial charge in [-0.05, 0) is 6.07 Å². The molecule has 0 aliphatic carbocycles. The molecule has 0 saturated carbocycles. The molecule has 0 aliphatic rings. The molecular weight excluding hydrogens is 210 g/mol. The second-order valence-electron chi connectivity index (χ2n) is 3.46. The highest BCUT2D eigenvalue weighted by Crippen LogP contribution is 2.22. The van der Waals surface area contributed by atoms with Crippen molar-refractivity contribution in [2.24, 2.45) is 0 Å². The summed E-state index contributed by atoms with van der Waals surface area (Å²) in [7, 11) is 1.53. The van der Waals surface area contributed by atoms with Crippen LogP contribution in [0.4, 0.5) is 0 Å². The molecule has 0 aliphatic heterocycles. The van der Waals surface area contributed by atoms with Gasteiger partial charge < -0.3 is 25.4 Å². The Morgan fingerprint density at radius 1 is 1.44 bits per heavy atom. The number of aromatic hydroxyl groups is 1. The van der Waals surface area contributed by atoms with Crippen LogP contribution in [-0.2, 0) is 6.54 Å². The fourth-order valence-electron chi connectivity index (χ4n) is 1.26. The van der Waals surface area contributed by atoms with Gasteiger partial charge in [-0.25, -0.2) is 0 Å². The van der Waals surface area contributed by atoms with Crippen molar-refractivity contribution in [1.29, 1.82) is 0 Å². The Kier molecular flexibility index (Phi) is 5.04. The highest BCUT2D eigenvalue weighted by molar-refractivity contribution is 5.39. The monoisotopic (exact) mass is 227 g/mol. The van der Waals surface area contributed by atoms with Gasteiger partial charge in [0.25, 0.3) is 0 Å². The average Bonchev–Trinajstić information content (AvgIpc) is 2.30. The zero-order valence-electron chi connectivity index (χ0n) is 9.18. The van der Waals surface area contributed by atoms with Crippen molar-refractivity contribution in [2.75, 3.05) is 20.3 Å². The van der Waals surface area contributed by atoms with Gasteiger partial charge in [-0.2, -0.15) is 0 Å². The summed E-state index contributed by atoms with van der Waals surface area (Å²) in [5.74, 6) is 0.738. The number of benzene rings is 1. The van der Waals surface area contributed by atoms with Gasteiger partial charge in [0, 0.05) is 24.7 Å². The lowest BCUT2D eigenvalue weighted by atomic mass is 10.2. The summed E-state index contributed by atoms with van der Waals surface area (Å²) in [4.78, 5) is 0. The summed E-state index contributed by atoms with van der Waals surface area (Å²) in [6.07, 6.45) is -0.777. The van der Waals surface area contributed by atoms with E-state index in [9.17, 15) is 5.11 Å². The van der Waals surface area contributed by atoms with Crippen molar-refractivity contribution < 1.29 is 20.1 Å². The molecular formula is C11H17NO4. The molecule has 0 fully saturated rings. The van der Waals surface area contributed by atoms with E-state index in [1.165, 1.54) is 13.2 Å². The van der Waals surface area contributed by atoms with Crippen molar-refractivity contribution in [2.45, 2.75) is 12.6 Å². The van der Waals surface area contributed by atoms with E-state index >= 15 is 0 Å². The number of nitrogens with one attached hydrogen (secondary N) is 1. The molecule has 1 aromatic rings. The Bertz CT molecular complexity index is 330. The maximum Gasteiger partial charge on any atom is 0.123 e. The molecule has 1 rings (SSSR count). The van der Waals surface area contributed by atoms with Gasteiger partial charge in [0.1, 0.15) is 11.5 Å². The van der Waals surface area contributed by atoms with Crippen LogP contribution in [-0.4, -0.2) is 41.7 Å². The Labute approximate surface area is 94.3 Å². The third-order valence-corrected chi connectivity index (χ3v) is 2.20. The van der Waals surface area contributed by atoms with E-state index in [0.717, 1.165) is 0 Å². The van der Waals surface area contributed by atoms with Crippen molar-refractivity contribution in [3.63, 3.8) is 0 Å². The summed E-state index contributed by atoms with van der Waals surface area (Å²) in [5, 5.41) is 30.2. The maximum atomic E-state index is 9.61. The summed E-state index contributed by atoms with van der Waals surface area (Å²) in [6.45, 7) is 0.427. The van der Waals surface area contributed by atoms with Gasteiger partial charge >= 0.3 is 0 Å². The number of hydrogen-bond acceptors (Lipinski definition) is 5. The molecule has 0 bridgehead atoms. The third kappa shape index (κ3) is 3.69. The van der Waals surface area contributed by atoms with E-state index in [2.05, 4.69) is 5.32 Å². The van der Waals surface area contributed by atoms with Crippen LogP contribution in [0.25, 0.3) is 0 Å². The largest absolute Gasteiger partial charge is 0.507 e. The lowest BCUT2D eigenvalue weighted by molar-refractivity contribution is 0.0942. The summed E-state index contributed by atoms with van der Waals surface area (Å²) in [6, 6.07) is 5.02. The van der Waals surface area contributed by atoms with Crippen LogP contribution >= 0.6 is 0 Å². The van der Waals surface area contributed by atoms with Crippen molar-refractivity contribution in [3.8, 4) is 11.5 Å². The second-order valence-corrected chi connectivity index (χ2v) is 3.46. The third-order valence-electron chi connectivity index (χ3n) is 2.20. The molecule has 4 N–H and O–H groups in total. The molecule has 0 heterocycles. The van der Waals surface area contributed by atoms with Crippen LogP contribution < -0.4 is 10.1 Å². The number of ether oxygens (including phenoxy) is 1. The molecule has 0 radical (unpaired) electrons. The zero-order chi connectivity index (χ0) is 12.0. The van der Waals surface area contributed by atoms with Crippen LogP contribution in [0.15, 0.2) is 18.2 Å². The maximum absolute atomic E-state index is 9.61. The van der Waals surface area contributed by atoms with Crippen molar-refractivity contribution in [3.05, 3.63) is 23.8 Å². The lowest BCUT2D eigenvalue weighted by Crippen LogP contribution is -2.28. The number of methoxy groups -OCH3 is 1. The fourth-order valence-corrected chi connectivity index (χ4v) is 1.26. The van der Waals surface area contributed by atoms with Gasteiger partial charge in [0.05, 0.1) is 19.8 Å². The molecule has 1 atom stereocenters. The Hall–Kier alpha value is -1.30. The molecule has 1 aromatic carbocycles. The first-order valence-electron chi connectivity index (χ1n) is 5.03. The highest BCUT2D eigenvalue weighted by Gasteiger charge is 2.04. The predicted molar refractivity (Wildman–Crippen MR) is 59.5 cm³/mol. The molecule has 5 heteroatoms. The summed E-state index contributed by atoms with van der Waals surface area (Å²) < 4.78 is 4.96. The van der Waals surface area contributed by atoms with Crippen LogP contribution in [0.5, 0.6) is 11.5 Å². The minimum absolute atomic E-state index is 0.144. The summed E-state index contributed by atoms with van der Waals surface area (Å²) in [5.41, 5.74) is 0.714. The zero-order valence-corrected chi connectivity index (χ0v) is 9.18. The summed E-state index contributed by atoms with van der Waals surface area (Å²) >= 11 is 0. The smallest absolute Gasteiger partial charge is 0.123 e. The minimum atomic E-state index is -0.777. The Morgan fingerprint density at radius 3 is 2.75 bits per heavy atom. The molecule has 0 aromatic heterocycles. The standard InChI is InChI=1S/C11H17NO4/c1-16-10-3-2-8(11(15)4-10)5-12-6-9(14)7-13/h2-4,9,12-15H,5-7H2,1H3. The van der Waals surface area contributed by atoms with E-state index in [4.69, 9.17) is 14.9 Å². The van der Waals surface area contributed by atoms with E-state index in [-0.39, 0.29) is 18.9 Å². The van der Waals surface area contributed by atoms with Gasteiger partial charge in [0.2, 0.25) is 0 Å². The lowest BCUT2D eigenvalue weighted by Gasteiger charge is -2.10. The highest BCUT2D eigenvalue weighted by atomic mass is 16.5. The Morgan fingerprint density at radius 2 is 2.19 bits per heavy atom. The van der Waals surface area contributed by atoms with Crippen LogP contribution in [0, 0.1) is 0 Å². The van der Waals surface area contributed by atoms with Gasteiger partial charge in [0.15, 0.2) is 0 Å². The van der Waals surface area contributed by atoms with E-state index in [0.29, 0.717) is 17.9 Å². The quantitative estimate of drug-likeness (QED) is 0.543. The number of aliphatic hydroxyl groups is 2. The molecule has 0 amide bonds. The molecule has 0 saturated heterocycles.